The Morgan fingerprint density at radius 3 is 2.81 bits per heavy atom. The van der Waals surface area contributed by atoms with Crippen molar-refractivity contribution < 1.29 is 19.1 Å². The summed E-state index contributed by atoms with van der Waals surface area (Å²) in [4.78, 5) is 25.1. The van der Waals surface area contributed by atoms with Crippen molar-refractivity contribution in [1.82, 2.24) is 4.90 Å². The van der Waals surface area contributed by atoms with E-state index in [1.807, 2.05) is 30.3 Å². The molecular formula is C16H17NO4. The van der Waals surface area contributed by atoms with Crippen molar-refractivity contribution >= 4 is 22.8 Å². The molecule has 1 N–H and O–H groups in total. The number of hydrogen-bond donors (Lipinski definition) is 1. The molecule has 0 spiro atoms. The summed E-state index contributed by atoms with van der Waals surface area (Å²) in [6.07, 6.45) is 0.522. The number of rotatable bonds is 3. The zero-order valence-corrected chi connectivity index (χ0v) is 11.8. The molecule has 5 nitrogen and oxygen atoms in total. The maximum Gasteiger partial charge on any atom is 0.308 e. The first-order chi connectivity index (χ1) is 10.1. The van der Waals surface area contributed by atoms with Gasteiger partial charge >= 0.3 is 5.97 Å². The molecule has 0 bridgehead atoms. The molecule has 1 aliphatic heterocycles. The van der Waals surface area contributed by atoms with Gasteiger partial charge in [0.05, 0.1) is 11.8 Å². The Morgan fingerprint density at radius 1 is 1.38 bits per heavy atom. The van der Waals surface area contributed by atoms with Crippen molar-refractivity contribution in [2.45, 2.75) is 19.3 Å². The molecule has 1 amide bonds. The minimum Gasteiger partial charge on any atom is -0.481 e. The van der Waals surface area contributed by atoms with E-state index >= 15 is 0 Å². The summed E-state index contributed by atoms with van der Waals surface area (Å²) in [6, 6.07) is 9.50. The molecule has 0 radical (unpaired) electrons. The number of fused-ring (bicyclic) bond motifs is 1. The Balaban J connectivity index is 1.77. The van der Waals surface area contributed by atoms with Gasteiger partial charge < -0.3 is 14.4 Å². The van der Waals surface area contributed by atoms with Gasteiger partial charge in [-0.15, -0.1) is 0 Å². The number of carbonyl (C=O) groups excluding carboxylic acids is 1. The van der Waals surface area contributed by atoms with Crippen LogP contribution < -0.4 is 0 Å². The number of nitrogens with zero attached hydrogens (tertiary/aromatic N) is 1. The quantitative estimate of drug-likeness (QED) is 0.941. The molecule has 1 fully saturated rings. The number of hydrogen-bond acceptors (Lipinski definition) is 3. The highest BCUT2D eigenvalue weighted by Crippen LogP contribution is 2.28. The minimum absolute atomic E-state index is 0.0715. The normalized spacial score (nSPS) is 19.9. The number of aliphatic carboxylic acids is 1. The highest BCUT2D eigenvalue weighted by molar-refractivity contribution is 5.86. The Bertz CT molecular complexity index is 657. The van der Waals surface area contributed by atoms with Gasteiger partial charge in [0.25, 0.3) is 0 Å². The second-order valence-electron chi connectivity index (χ2n) is 5.52. The second-order valence-corrected chi connectivity index (χ2v) is 5.52. The van der Waals surface area contributed by atoms with E-state index < -0.39 is 17.8 Å². The van der Waals surface area contributed by atoms with E-state index in [2.05, 4.69) is 0 Å². The first-order valence-electron chi connectivity index (χ1n) is 7.06. The van der Waals surface area contributed by atoms with Gasteiger partial charge in [0, 0.05) is 18.5 Å². The number of furan rings is 1. The average Bonchev–Trinajstić information content (AvgIpc) is 3.12. The van der Waals surface area contributed by atoms with E-state index in [0.29, 0.717) is 25.3 Å². The standard InChI is InChI=1S/C16H17NO4/c1-10(14-8-11-4-2-3-5-13(11)21-14)15(18)17-7-6-12(9-17)16(19)20/h2-5,8,10,12H,6-7,9H2,1H3,(H,19,20). The minimum atomic E-state index is -0.832. The fourth-order valence-corrected chi connectivity index (χ4v) is 2.77. The molecule has 2 unspecified atom stereocenters. The van der Waals surface area contributed by atoms with E-state index in [9.17, 15) is 9.59 Å². The van der Waals surface area contributed by atoms with Crippen LogP contribution in [0.5, 0.6) is 0 Å². The molecule has 0 saturated carbocycles. The fraction of sp³-hybridized carbons (Fsp3) is 0.375. The van der Waals surface area contributed by atoms with Crippen LogP contribution in [0.15, 0.2) is 34.7 Å². The molecule has 2 heterocycles. The van der Waals surface area contributed by atoms with E-state index in [1.54, 1.807) is 11.8 Å². The Kier molecular flexibility index (Phi) is 3.41. The molecule has 2 aromatic rings. The number of carboxylic acids is 1. The summed E-state index contributed by atoms with van der Waals surface area (Å²) in [6.45, 7) is 2.59. The summed E-state index contributed by atoms with van der Waals surface area (Å²) in [7, 11) is 0. The van der Waals surface area contributed by atoms with Gasteiger partial charge in [-0.3, -0.25) is 9.59 Å². The van der Waals surface area contributed by atoms with E-state index in [1.165, 1.54) is 0 Å². The predicted octanol–water partition coefficient (Wildman–Crippen LogP) is 2.47. The lowest BCUT2D eigenvalue weighted by Crippen LogP contribution is -2.33. The van der Waals surface area contributed by atoms with Gasteiger partial charge in [0.2, 0.25) is 5.91 Å². The number of amides is 1. The van der Waals surface area contributed by atoms with Crippen molar-refractivity contribution in [2.24, 2.45) is 5.92 Å². The van der Waals surface area contributed by atoms with Crippen LogP contribution in [-0.2, 0) is 9.59 Å². The van der Waals surface area contributed by atoms with Crippen LogP contribution in [0.1, 0.15) is 25.0 Å². The number of para-hydroxylation sites is 1. The molecule has 0 aliphatic carbocycles. The fourth-order valence-electron chi connectivity index (χ4n) is 2.77. The van der Waals surface area contributed by atoms with Crippen LogP contribution in [0.4, 0.5) is 0 Å². The topological polar surface area (TPSA) is 70.8 Å². The summed E-state index contributed by atoms with van der Waals surface area (Å²) in [5.74, 6) is -1.12. The SMILES string of the molecule is CC(C(=O)N1CCC(C(=O)O)C1)c1cc2ccccc2o1. The molecule has 110 valence electrons. The van der Waals surface area contributed by atoms with Crippen LogP contribution in [0.2, 0.25) is 0 Å². The van der Waals surface area contributed by atoms with Crippen LogP contribution >= 0.6 is 0 Å². The largest absolute Gasteiger partial charge is 0.481 e. The van der Waals surface area contributed by atoms with E-state index in [-0.39, 0.29) is 5.91 Å². The summed E-state index contributed by atoms with van der Waals surface area (Å²) in [5.41, 5.74) is 0.761. The molecule has 2 atom stereocenters. The molecule has 3 rings (SSSR count). The lowest BCUT2D eigenvalue weighted by molar-refractivity contribution is -0.141. The lowest BCUT2D eigenvalue weighted by Gasteiger charge is -2.19. The van der Waals surface area contributed by atoms with Crippen molar-refractivity contribution in [3.8, 4) is 0 Å². The molecule has 1 aliphatic rings. The smallest absolute Gasteiger partial charge is 0.308 e. The third kappa shape index (κ3) is 2.51. The molecule has 1 aromatic carbocycles. The first-order valence-corrected chi connectivity index (χ1v) is 7.06. The molecule has 1 aromatic heterocycles. The number of benzene rings is 1. The Hall–Kier alpha value is -2.30. The molecule has 21 heavy (non-hydrogen) atoms. The first kappa shape index (κ1) is 13.7. The molecular weight excluding hydrogens is 270 g/mol. The zero-order chi connectivity index (χ0) is 15.0. The van der Waals surface area contributed by atoms with Crippen LogP contribution in [0, 0.1) is 5.92 Å². The highest BCUT2D eigenvalue weighted by Gasteiger charge is 2.33. The zero-order valence-electron chi connectivity index (χ0n) is 11.8. The van der Waals surface area contributed by atoms with Crippen LogP contribution in [-0.4, -0.2) is 35.0 Å². The van der Waals surface area contributed by atoms with E-state index in [4.69, 9.17) is 9.52 Å². The third-order valence-electron chi connectivity index (χ3n) is 4.09. The van der Waals surface area contributed by atoms with Crippen molar-refractivity contribution in [3.63, 3.8) is 0 Å². The maximum absolute atomic E-state index is 12.5. The number of carboxylic acid groups (broad SMARTS) is 1. The van der Waals surface area contributed by atoms with Crippen molar-refractivity contribution in [3.05, 3.63) is 36.1 Å². The number of likely N-dealkylation sites (tertiary alicyclic amines) is 1. The third-order valence-corrected chi connectivity index (χ3v) is 4.09. The Labute approximate surface area is 122 Å². The molecule has 5 heteroatoms. The van der Waals surface area contributed by atoms with Crippen molar-refractivity contribution in [2.75, 3.05) is 13.1 Å². The van der Waals surface area contributed by atoms with Gasteiger partial charge in [-0.2, -0.15) is 0 Å². The highest BCUT2D eigenvalue weighted by atomic mass is 16.4. The summed E-state index contributed by atoms with van der Waals surface area (Å²) < 4.78 is 5.72. The lowest BCUT2D eigenvalue weighted by atomic mass is 10.1. The Morgan fingerprint density at radius 2 is 2.14 bits per heavy atom. The van der Waals surface area contributed by atoms with Gasteiger partial charge in [0.1, 0.15) is 11.3 Å². The number of carbonyl (C=O) groups is 2. The van der Waals surface area contributed by atoms with Gasteiger partial charge in [-0.1, -0.05) is 18.2 Å². The van der Waals surface area contributed by atoms with Crippen molar-refractivity contribution in [1.29, 1.82) is 0 Å². The maximum atomic E-state index is 12.5. The second kappa shape index (κ2) is 5.24. The molecule has 1 saturated heterocycles. The van der Waals surface area contributed by atoms with Gasteiger partial charge in [-0.05, 0) is 25.5 Å². The van der Waals surface area contributed by atoms with Crippen LogP contribution in [0.25, 0.3) is 11.0 Å². The monoisotopic (exact) mass is 287 g/mol. The summed E-state index contributed by atoms with van der Waals surface area (Å²) in [5, 5.41) is 9.98. The van der Waals surface area contributed by atoms with E-state index in [0.717, 1.165) is 11.0 Å². The van der Waals surface area contributed by atoms with Crippen LogP contribution in [0.3, 0.4) is 0 Å². The van der Waals surface area contributed by atoms with Gasteiger partial charge in [0.15, 0.2) is 0 Å². The summed E-state index contributed by atoms with van der Waals surface area (Å²) >= 11 is 0. The average molecular weight is 287 g/mol. The predicted molar refractivity (Wildman–Crippen MR) is 77.0 cm³/mol. The van der Waals surface area contributed by atoms with Gasteiger partial charge in [-0.25, -0.2) is 0 Å².